The zero-order chi connectivity index (χ0) is 9.52. The van der Waals surface area contributed by atoms with Crippen molar-refractivity contribution in [2.24, 2.45) is 5.73 Å². The van der Waals surface area contributed by atoms with Crippen molar-refractivity contribution >= 4 is 11.3 Å². The highest BCUT2D eigenvalue weighted by Gasteiger charge is 1.96. The predicted octanol–water partition coefficient (Wildman–Crippen LogP) is 2.08. The third-order valence-corrected chi connectivity index (χ3v) is 2.38. The second kappa shape index (κ2) is 5.85. The smallest absolute Gasteiger partial charge is 0.0894 e. The first-order valence-electron chi connectivity index (χ1n) is 3.95. The molecule has 0 fully saturated rings. The van der Waals surface area contributed by atoms with E-state index in [1.54, 1.807) is 11.3 Å². The molecule has 0 aliphatic carbocycles. The van der Waals surface area contributed by atoms with Crippen LogP contribution in [0.2, 0.25) is 0 Å². The van der Waals surface area contributed by atoms with Crippen molar-refractivity contribution < 1.29 is 9.13 Å². The van der Waals surface area contributed by atoms with Crippen LogP contribution in [0.15, 0.2) is 29.4 Å². The summed E-state index contributed by atoms with van der Waals surface area (Å²) in [5.41, 5.74) is 5.74. The van der Waals surface area contributed by atoms with E-state index in [0.29, 0.717) is 18.5 Å². The summed E-state index contributed by atoms with van der Waals surface area (Å²) in [6.07, 6.45) is 0.508. The van der Waals surface area contributed by atoms with E-state index < -0.39 is 0 Å². The quantitative estimate of drug-likeness (QED) is 0.791. The minimum atomic E-state index is 0.209. The molecule has 0 bridgehead atoms. The molecular formula is C9H12FNOS. The Morgan fingerprint density at radius 3 is 3.08 bits per heavy atom. The molecule has 1 rings (SSSR count). The van der Waals surface area contributed by atoms with Gasteiger partial charge in [-0.1, -0.05) is 6.07 Å². The number of hydrogen-bond acceptors (Lipinski definition) is 3. The Hall–Kier alpha value is -0.710. The highest BCUT2D eigenvalue weighted by atomic mass is 32.1. The standard InChI is InChI=1S/C9H12FNOS/c10-4-8(5-11)6-12-7-9-2-1-3-13-9/h1-4H,5-7,11H2/b8-4+. The molecule has 13 heavy (non-hydrogen) atoms. The van der Waals surface area contributed by atoms with E-state index in [2.05, 4.69) is 0 Å². The van der Waals surface area contributed by atoms with Crippen LogP contribution in [0.5, 0.6) is 0 Å². The largest absolute Gasteiger partial charge is 0.371 e. The van der Waals surface area contributed by atoms with Crippen LogP contribution in [0.1, 0.15) is 4.88 Å². The molecule has 0 saturated heterocycles. The SMILES string of the molecule is NC/C(=C\F)COCc1cccs1. The van der Waals surface area contributed by atoms with Gasteiger partial charge in [-0.25, -0.2) is 4.39 Å². The lowest BCUT2D eigenvalue weighted by Gasteiger charge is -2.03. The van der Waals surface area contributed by atoms with Gasteiger partial charge in [-0.2, -0.15) is 0 Å². The fourth-order valence-electron chi connectivity index (χ4n) is 0.812. The molecule has 0 aliphatic rings. The fraction of sp³-hybridized carbons (Fsp3) is 0.333. The van der Waals surface area contributed by atoms with Crippen molar-refractivity contribution in [3.05, 3.63) is 34.3 Å². The van der Waals surface area contributed by atoms with Gasteiger partial charge >= 0.3 is 0 Å². The molecule has 1 heterocycles. The van der Waals surface area contributed by atoms with Gasteiger partial charge in [0, 0.05) is 11.4 Å². The normalized spacial score (nSPS) is 12.0. The maximum atomic E-state index is 12.0. The molecule has 0 saturated carbocycles. The molecule has 0 unspecified atom stereocenters. The average Bonchev–Trinajstić information content (AvgIpc) is 2.65. The monoisotopic (exact) mass is 201 g/mol. The molecule has 0 atom stereocenters. The van der Waals surface area contributed by atoms with Crippen molar-refractivity contribution in [3.8, 4) is 0 Å². The third kappa shape index (κ3) is 3.67. The fourth-order valence-corrected chi connectivity index (χ4v) is 1.45. The van der Waals surface area contributed by atoms with Crippen molar-refractivity contribution in [3.63, 3.8) is 0 Å². The summed E-state index contributed by atoms with van der Waals surface area (Å²) in [7, 11) is 0. The molecule has 0 amide bonds. The van der Waals surface area contributed by atoms with Crippen LogP contribution < -0.4 is 5.73 Å². The van der Waals surface area contributed by atoms with Crippen molar-refractivity contribution in [1.82, 2.24) is 0 Å². The molecule has 2 nitrogen and oxygen atoms in total. The summed E-state index contributed by atoms with van der Waals surface area (Å²) < 4.78 is 17.2. The van der Waals surface area contributed by atoms with Crippen LogP contribution in [0.4, 0.5) is 4.39 Å². The zero-order valence-electron chi connectivity index (χ0n) is 7.20. The second-order valence-electron chi connectivity index (χ2n) is 2.54. The Labute approximate surface area is 80.8 Å². The van der Waals surface area contributed by atoms with Crippen LogP contribution >= 0.6 is 11.3 Å². The van der Waals surface area contributed by atoms with Gasteiger partial charge in [-0.05, 0) is 17.0 Å². The minimum Gasteiger partial charge on any atom is -0.371 e. The molecule has 72 valence electrons. The topological polar surface area (TPSA) is 35.2 Å². The molecule has 2 N–H and O–H groups in total. The molecule has 0 radical (unpaired) electrons. The Morgan fingerprint density at radius 2 is 2.54 bits per heavy atom. The van der Waals surface area contributed by atoms with Gasteiger partial charge in [0.2, 0.25) is 0 Å². The molecular weight excluding hydrogens is 189 g/mol. The summed E-state index contributed by atoms with van der Waals surface area (Å²) in [5.74, 6) is 0. The molecule has 0 aliphatic heterocycles. The molecule has 1 aromatic rings. The lowest BCUT2D eigenvalue weighted by atomic mass is 10.3. The minimum absolute atomic E-state index is 0.209. The highest BCUT2D eigenvalue weighted by molar-refractivity contribution is 7.09. The summed E-state index contributed by atoms with van der Waals surface area (Å²) in [5, 5.41) is 1.98. The number of ether oxygens (including phenoxy) is 1. The zero-order valence-corrected chi connectivity index (χ0v) is 8.02. The van der Waals surface area contributed by atoms with Gasteiger partial charge in [-0.15, -0.1) is 11.3 Å². The Bertz CT molecular complexity index is 259. The van der Waals surface area contributed by atoms with Gasteiger partial charge in [0.15, 0.2) is 0 Å². The first kappa shape index (κ1) is 10.4. The van der Waals surface area contributed by atoms with Gasteiger partial charge in [-0.3, -0.25) is 0 Å². The van der Waals surface area contributed by atoms with Crippen LogP contribution in [0.25, 0.3) is 0 Å². The Morgan fingerprint density at radius 1 is 1.69 bits per heavy atom. The predicted molar refractivity (Wildman–Crippen MR) is 52.2 cm³/mol. The summed E-state index contributed by atoms with van der Waals surface area (Å²) in [6.45, 7) is 1.00. The third-order valence-electron chi connectivity index (χ3n) is 1.53. The van der Waals surface area contributed by atoms with E-state index in [9.17, 15) is 4.39 Å². The first-order valence-corrected chi connectivity index (χ1v) is 4.83. The number of halogens is 1. The van der Waals surface area contributed by atoms with Crippen LogP contribution in [-0.4, -0.2) is 13.2 Å². The lowest BCUT2D eigenvalue weighted by Crippen LogP contribution is -2.08. The summed E-state index contributed by atoms with van der Waals surface area (Å²) >= 11 is 1.62. The first-order chi connectivity index (χ1) is 6.36. The number of thiophene rings is 1. The second-order valence-corrected chi connectivity index (χ2v) is 3.58. The molecule has 1 aromatic heterocycles. The van der Waals surface area contributed by atoms with Gasteiger partial charge in [0.25, 0.3) is 0 Å². The maximum Gasteiger partial charge on any atom is 0.0894 e. The van der Waals surface area contributed by atoms with Crippen molar-refractivity contribution in [2.45, 2.75) is 6.61 Å². The number of hydrogen-bond donors (Lipinski definition) is 1. The van der Waals surface area contributed by atoms with E-state index in [1.807, 2.05) is 17.5 Å². The van der Waals surface area contributed by atoms with E-state index in [4.69, 9.17) is 10.5 Å². The Kier molecular flexibility index (Phi) is 4.67. The van der Waals surface area contributed by atoms with Crippen LogP contribution in [0, 0.1) is 0 Å². The van der Waals surface area contributed by atoms with Gasteiger partial charge in [0.1, 0.15) is 0 Å². The average molecular weight is 201 g/mol. The number of nitrogens with two attached hydrogens (primary N) is 1. The van der Waals surface area contributed by atoms with E-state index in [0.717, 1.165) is 4.88 Å². The van der Waals surface area contributed by atoms with Crippen LogP contribution in [-0.2, 0) is 11.3 Å². The highest BCUT2D eigenvalue weighted by Crippen LogP contribution is 2.10. The summed E-state index contributed by atoms with van der Waals surface area (Å²) in [4.78, 5) is 1.13. The lowest BCUT2D eigenvalue weighted by molar-refractivity contribution is 0.143. The van der Waals surface area contributed by atoms with Gasteiger partial charge < -0.3 is 10.5 Å². The van der Waals surface area contributed by atoms with Gasteiger partial charge in [0.05, 0.1) is 19.5 Å². The Balaban J connectivity index is 2.21. The number of rotatable bonds is 5. The summed E-state index contributed by atoms with van der Waals surface area (Å²) in [6, 6.07) is 3.93. The maximum absolute atomic E-state index is 12.0. The van der Waals surface area contributed by atoms with E-state index in [1.165, 1.54) is 0 Å². The van der Waals surface area contributed by atoms with E-state index >= 15 is 0 Å². The molecule has 0 aromatic carbocycles. The van der Waals surface area contributed by atoms with Crippen LogP contribution in [0.3, 0.4) is 0 Å². The van der Waals surface area contributed by atoms with Crippen molar-refractivity contribution in [2.75, 3.05) is 13.2 Å². The van der Waals surface area contributed by atoms with Crippen molar-refractivity contribution in [1.29, 1.82) is 0 Å². The molecule has 4 heteroatoms. The molecule has 0 spiro atoms. The van der Waals surface area contributed by atoms with E-state index in [-0.39, 0.29) is 13.2 Å².